The number of urea groups is 1. The van der Waals surface area contributed by atoms with Gasteiger partial charge < -0.3 is 30.3 Å². The lowest BCUT2D eigenvalue weighted by Crippen LogP contribution is -2.51. The Morgan fingerprint density at radius 1 is 1.09 bits per heavy atom. The minimum Gasteiger partial charge on any atom is -0.457 e. The van der Waals surface area contributed by atoms with Gasteiger partial charge in [0.15, 0.2) is 0 Å². The van der Waals surface area contributed by atoms with Gasteiger partial charge in [-0.05, 0) is 61.7 Å². The van der Waals surface area contributed by atoms with Gasteiger partial charge in [0.2, 0.25) is 5.91 Å². The zero-order valence-electron chi connectivity index (χ0n) is 24.1. The van der Waals surface area contributed by atoms with E-state index in [1.165, 1.54) is 18.4 Å². The van der Waals surface area contributed by atoms with Crippen molar-refractivity contribution in [2.75, 3.05) is 37.0 Å². The van der Waals surface area contributed by atoms with Crippen LogP contribution in [0.5, 0.6) is 11.5 Å². The molecule has 1 saturated heterocycles. The molecule has 1 atom stereocenters. The summed E-state index contributed by atoms with van der Waals surface area (Å²) in [7, 11) is 1.23. The average molecular weight is 615 g/mol. The number of ether oxygens (including phenoxy) is 2. The van der Waals surface area contributed by atoms with E-state index in [1.54, 1.807) is 22.1 Å². The number of aryl methyl sites for hydroxylation is 1. The van der Waals surface area contributed by atoms with Crippen LogP contribution >= 0.6 is 11.3 Å². The summed E-state index contributed by atoms with van der Waals surface area (Å²) in [6.07, 6.45) is 2.32. The number of methoxy groups -OCH3 is 1. The fraction of sp³-hybridized carbons (Fsp3) is 0.258. The summed E-state index contributed by atoms with van der Waals surface area (Å²) in [5, 5.41) is 9.03. The Morgan fingerprint density at radius 3 is 2.68 bits per heavy atom. The van der Waals surface area contributed by atoms with Gasteiger partial charge in [0.25, 0.3) is 5.91 Å². The highest BCUT2D eigenvalue weighted by atomic mass is 32.1. The quantitative estimate of drug-likeness (QED) is 0.261. The van der Waals surface area contributed by atoms with Crippen molar-refractivity contribution in [3.8, 4) is 11.5 Å². The predicted molar refractivity (Wildman–Crippen MR) is 166 cm³/mol. The summed E-state index contributed by atoms with van der Waals surface area (Å²) in [6, 6.07) is 16.0. The smallest absolute Gasteiger partial charge is 0.407 e. The Balaban J connectivity index is 1.22. The topological polar surface area (TPSA) is 142 Å². The number of hydrogen-bond acceptors (Lipinski definition) is 8. The number of carbonyl (C=O) groups excluding carboxylic acids is 4. The molecule has 2 aromatic carbocycles. The zero-order valence-corrected chi connectivity index (χ0v) is 24.9. The van der Waals surface area contributed by atoms with E-state index in [2.05, 4.69) is 25.7 Å². The van der Waals surface area contributed by atoms with Gasteiger partial charge in [0.05, 0.1) is 29.6 Å². The van der Waals surface area contributed by atoms with E-state index in [1.807, 2.05) is 55.5 Å². The molecule has 44 heavy (non-hydrogen) atoms. The van der Waals surface area contributed by atoms with Crippen LogP contribution in [-0.2, 0) is 9.53 Å². The summed E-state index contributed by atoms with van der Waals surface area (Å²) in [5.74, 6) is 0.742. The third-order valence-electron chi connectivity index (χ3n) is 7.52. The van der Waals surface area contributed by atoms with E-state index in [9.17, 15) is 19.2 Å². The fourth-order valence-electron chi connectivity index (χ4n) is 5.45. The van der Waals surface area contributed by atoms with Crippen LogP contribution < -0.4 is 25.6 Å². The molecule has 1 unspecified atom stereocenters. The van der Waals surface area contributed by atoms with Crippen LogP contribution in [0.25, 0.3) is 10.2 Å². The molecule has 0 spiro atoms. The van der Waals surface area contributed by atoms with E-state index in [0.29, 0.717) is 69.6 Å². The molecule has 3 N–H and O–H groups in total. The Labute approximate surface area is 256 Å². The van der Waals surface area contributed by atoms with Gasteiger partial charge in [0, 0.05) is 25.3 Å². The summed E-state index contributed by atoms with van der Waals surface area (Å²) in [5.41, 5.74) is 2.54. The molecule has 0 radical (unpaired) electrons. The Kier molecular flexibility index (Phi) is 8.03. The molecule has 5 amide bonds. The monoisotopic (exact) mass is 614 g/mol. The SMILES string of the molecule is COC(=O)NCC(=O)N1CCCC(NC(=O)c2sc3nccc4c3c2NC(=O)N4c2ccc(Oc3ccccc3)cc2C)C1. The average Bonchev–Trinajstić information content (AvgIpc) is 3.40. The van der Waals surface area contributed by atoms with Gasteiger partial charge in [-0.15, -0.1) is 11.3 Å². The minimum atomic E-state index is -0.684. The first kappa shape index (κ1) is 28.9. The van der Waals surface area contributed by atoms with Crippen LogP contribution in [0.2, 0.25) is 0 Å². The van der Waals surface area contributed by atoms with Crippen LogP contribution in [0.4, 0.5) is 26.7 Å². The number of thiophene rings is 1. The Hall–Kier alpha value is -5.17. The molecule has 4 aromatic rings. The molecule has 226 valence electrons. The van der Waals surface area contributed by atoms with Crippen molar-refractivity contribution in [1.29, 1.82) is 0 Å². The normalized spacial score (nSPS) is 15.9. The van der Waals surface area contributed by atoms with Gasteiger partial charge in [-0.1, -0.05) is 18.2 Å². The molecule has 6 rings (SSSR count). The first-order chi connectivity index (χ1) is 21.3. The van der Waals surface area contributed by atoms with E-state index in [4.69, 9.17) is 4.74 Å². The number of aromatic nitrogens is 1. The molecular formula is C31H30N6O6S. The second-order valence-electron chi connectivity index (χ2n) is 10.4. The van der Waals surface area contributed by atoms with Crippen LogP contribution in [0.15, 0.2) is 60.8 Å². The second-order valence-corrected chi connectivity index (χ2v) is 11.4. The minimum absolute atomic E-state index is 0.187. The van der Waals surface area contributed by atoms with E-state index >= 15 is 0 Å². The van der Waals surface area contributed by atoms with Crippen LogP contribution in [0.1, 0.15) is 28.1 Å². The maximum atomic E-state index is 13.6. The molecule has 0 bridgehead atoms. The molecule has 0 aliphatic carbocycles. The van der Waals surface area contributed by atoms with E-state index in [0.717, 1.165) is 5.56 Å². The molecule has 12 nitrogen and oxygen atoms in total. The maximum absolute atomic E-state index is 13.6. The van der Waals surface area contributed by atoms with Gasteiger partial charge in [0.1, 0.15) is 27.8 Å². The number of amides is 5. The zero-order chi connectivity index (χ0) is 30.8. The van der Waals surface area contributed by atoms with Crippen molar-refractivity contribution in [3.63, 3.8) is 0 Å². The molecular weight excluding hydrogens is 584 g/mol. The summed E-state index contributed by atoms with van der Waals surface area (Å²) in [4.78, 5) is 59.7. The summed E-state index contributed by atoms with van der Waals surface area (Å²) >= 11 is 1.20. The third-order valence-corrected chi connectivity index (χ3v) is 8.62. The summed E-state index contributed by atoms with van der Waals surface area (Å²) < 4.78 is 10.5. The number of nitrogens with one attached hydrogen (secondary N) is 3. The lowest BCUT2D eigenvalue weighted by atomic mass is 10.1. The number of anilines is 3. The lowest BCUT2D eigenvalue weighted by Gasteiger charge is -2.33. The van der Waals surface area contributed by atoms with E-state index < -0.39 is 12.1 Å². The molecule has 2 aromatic heterocycles. The maximum Gasteiger partial charge on any atom is 0.407 e. The number of rotatable bonds is 7. The van der Waals surface area contributed by atoms with Gasteiger partial charge in [-0.3, -0.25) is 14.5 Å². The molecule has 13 heteroatoms. The van der Waals surface area contributed by atoms with Crippen molar-refractivity contribution in [2.45, 2.75) is 25.8 Å². The number of hydrogen-bond donors (Lipinski definition) is 3. The predicted octanol–water partition coefficient (Wildman–Crippen LogP) is 5.16. The highest BCUT2D eigenvalue weighted by Crippen LogP contribution is 2.46. The Bertz CT molecular complexity index is 1760. The molecule has 4 heterocycles. The molecule has 0 saturated carbocycles. The van der Waals surface area contributed by atoms with Crippen molar-refractivity contribution in [1.82, 2.24) is 20.5 Å². The largest absolute Gasteiger partial charge is 0.457 e. The number of benzene rings is 2. The molecule has 2 aliphatic heterocycles. The van der Waals surface area contributed by atoms with Crippen molar-refractivity contribution in [3.05, 3.63) is 71.2 Å². The first-order valence-corrected chi connectivity index (χ1v) is 14.9. The first-order valence-electron chi connectivity index (χ1n) is 14.1. The number of carbonyl (C=O) groups is 4. The second kappa shape index (κ2) is 12.2. The number of para-hydroxylation sites is 1. The van der Waals surface area contributed by atoms with Crippen LogP contribution in [0, 0.1) is 6.92 Å². The third kappa shape index (κ3) is 5.73. The number of likely N-dealkylation sites (tertiary alicyclic amines) is 1. The number of pyridine rings is 1. The fourth-order valence-corrected chi connectivity index (χ4v) is 6.48. The van der Waals surface area contributed by atoms with Crippen molar-refractivity contribution < 1.29 is 28.7 Å². The van der Waals surface area contributed by atoms with Crippen LogP contribution in [0.3, 0.4) is 0 Å². The number of piperidine rings is 1. The van der Waals surface area contributed by atoms with Gasteiger partial charge in [-0.25, -0.2) is 14.6 Å². The van der Waals surface area contributed by atoms with Crippen molar-refractivity contribution >= 4 is 62.6 Å². The number of alkyl carbamates (subject to hydrolysis) is 1. The van der Waals surface area contributed by atoms with Crippen molar-refractivity contribution in [2.24, 2.45) is 0 Å². The van der Waals surface area contributed by atoms with Gasteiger partial charge >= 0.3 is 12.1 Å². The Morgan fingerprint density at radius 2 is 1.91 bits per heavy atom. The number of nitrogens with zero attached hydrogens (tertiary/aromatic N) is 3. The standard InChI is InChI=1S/C31H30N6O6S/c1-18-15-21(43-20-8-4-3-5-9-20)10-11-22(18)37-23-12-13-32-29-25(23)26(35-30(37)40)27(44-29)28(39)34-19-7-6-14-36(17-19)24(38)16-33-31(41)42-2/h3-5,8-13,15,19H,6-7,14,16-17H2,1-2H3,(H,33,41)(H,34,39)(H,35,40). The highest BCUT2D eigenvalue weighted by Gasteiger charge is 2.34. The van der Waals surface area contributed by atoms with Crippen LogP contribution in [-0.4, -0.2) is 66.6 Å². The van der Waals surface area contributed by atoms with Gasteiger partial charge in [-0.2, -0.15) is 0 Å². The molecule has 2 aliphatic rings. The highest BCUT2D eigenvalue weighted by molar-refractivity contribution is 7.21. The lowest BCUT2D eigenvalue weighted by molar-refractivity contribution is -0.131. The summed E-state index contributed by atoms with van der Waals surface area (Å²) in [6.45, 7) is 2.55. The molecule has 1 fully saturated rings. The van der Waals surface area contributed by atoms with E-state index in [-0.39, 0.29) is 24.4 Å².